The van der Waals surface area contributed by atoms with Gasteiger partial charge < -0.3 is 10.6 Å². The second-order valence-electron chi connectivity index (χ2n) is 6.66. The molecule has 1 aromatic rings. The highest BCUT2D eigenvalue weighted by Gasteiger charge is 2.45. The van der Waals surface area contributed by atoms with Gasteiger partial charge in [0, 0.05) is 18.9 Å². The summed E-state index contributed by atoms with van der Waals surface area (Å²) in [5, 5.41) is 10.9. The minimum atomic E-state index is -0.503. The normalized spacial score (nSPS) is 21.7. The first-order valence-corrected chi connectivity index (χ1v) is 8.20. The van der Waals surface area contributed by atoms with E-state index in [1.807, 2.05) is 16.9 Å². The Morgan fingerprint density at radius 2 is 2.05 bits per heavy atom. The van der Waals surface area contributed by atoms with Gasteiger partial charge >= 0.3 is 0 Å². The van der Waals surface area contributed by atoms with Gasteiger partial charge in [0.2, 0.25) is 5.91 Å². The van der Waals surface area contributed by atoms with E-state index in [1.165, 1.54) is 25.7 Å². The Balaban J connectivity index is 0.00000176. The maximum Gasteiger partial charge on any atom is 0.248 e. The lowest BCUT2D eigenvalue weighted by Crippen LogP contribution is -2.55. The molecule has 2 heterocycles. The van der Waals surface area contributed by atoms with Crippen LogP contribution in [0.2, 0.25) is 0 Å². The Kier molecular flexibility index (Phi) is 5.50. The van der Waals surface area contributed by atoms with Crippen molar-refractivity contribution in [3.8, 4) is 0 Å². The summed E-state index contributed by atoms with van der Waals surface area (Å²) in [6.45, 7) is 4.79. The molecule has 1 saturated heterocycles. The quantitative estimate of drug-likeness (QED) is 0.841. The number of piperidine rings is 1. The highest BCUT2D eigenvalue weighted by atomic mass is 35.5. The van der Waals surface area contributed by atoms with Crippen LogP contribution in [0, 0.1) is 5.41 Å². The average Bonchev–Trinajstić information content (AvgIpc) is 3.05. The first-order chi connectivity index (χ1) is 10.2. The minimum absolute atomic E-state index is 0. The molecule has 2 N–H and O–H groups in total. The van der Waals surface area contributed by atoms with E-state index in [9.17, 15) is 4.79 Å². The molecular formula is C16H27ClN4O. The average molecular weight is 327 g/mol. The van der Waals surface area contributed by atoms with Gasteiger partial charge in [-0.1, -0.05) is 13.3 Å². The van der Waals surface area contributed by atoms with Gasteiger partial charge in [0.25, 0.3) is 0 Å². The van der Waals surface area contributed by atoms with Crippen LogP contribution >= 0.6 is 12.4 Å². The molecule has 0 atom stereocenters. The molecule has 3 rings (SSSR count). The van der Waals surface area contributed by atoms with E-state index in [-0.39, 0.29) is 18.3 Å². The van der Waals surface area contributed by atoms with E-state index in [4.69, 9.17) is 0 Å². The van der Waals surface area contributed by atoms with Crippen LogP contribution in [0.15, 0.2) is 18.5 Å². The van der Waals surface area contributed by atoms with Crippen molar-refractivity contribution in [2.75, 3.05) is 19.6 Å². The standard InChI is InChI=1S/C16H26N4O.ClH/c1-2-4-15(5-6-15)13-18-14(21)16(7-10-17-11-8-16)20-12-3-9-19-20;/h3,9,12,17H,2,4-8,10-11,13H2,1H3,(H,18,21);1H. The number of hydrogen-bond acceptors (Lipinski definition) is 3. The molecule has 6 heteroatoms. The fraction of sp³-hybridized carbons (Fsp3) is 0.750. The molecule has 2 fully saturated rings. The number of carbonyl (C=O) groups excluding carboxylic acids is 1. The zero-order chi connectivity index (χ0) is 14.8. The van der Waals surface area contributed by atoms with Crippen LogP contribution in [-0.4, -0.2) is 35.3 Å². The fourth-order valence-electron chi connectivity index (χ4n) is 3.58. The molecule has 1 aliphatic carbocycles. The van der Waals surface area contributed by atoms with Crippen molar-refractivity contribution in [3.63, 3.8) is 0 Å². The molecule has 1 saturated carbocycles. The van der Waals surface area contributed by atoms with Crippen LogP contribution in [0.25, 0.3) is 0 Å². The monoisotopic (exact) mass is 326 g/mol. The van der Waals surface area contributed by atoms with Gasteiger partial charge in [0.15, 0.2) is 0 Å². The number of nitrogens with one attached hydrogen (secondary N) is 2. The van der Waals surface area contributed by atoms with Crippen molar-refractivity contribution in [2.24, 2.45) is 5.41 Å². The molecule has 124 valence electrons. The molecular weight excluding hydrogens is 300 g/mol. The van der Waals surface area contributed by atoms with Crippen LogP contribution in [0.5, 0.6) is 0 Å². The van der Waals surface area contributed by atoms with Gasteiger partial charge in [-0.25, -0.2) is 0 Å². The van der Waals surface area contributed by atoms with Crippen LogP contribution < -0.4 is 10.6 Å². The van der Waals surface area contributed by atoms with Gasteiger partial charge in [-0.2, -0.15) is 5.10 Å². The molecule has 0 bridgehead atoms. The predicted molar refractivity (Wildman–Crippen MR) is 89.1 cm³/mol. The van der Waals surface area contributed by atoms with Crippen molar-refractivity contribution in [2.45, 2.75) is 51.0 Å². The molecule has 0 radical (unpaired) electrons. The zero-order valence-corrected chi connectivity index (χ0v) is 14.1. The first kappa shape index (κ1) is 17.3. The van der Waals surface area contributed by atoms with E-state index >= 15 is 0 Å². The predicted octanol–water partition coefficient (Wildman–Crippen LogP) is 2.08. The van der Waals surface area contributed by atoms with E-state index in [2.05, 4.69) is 22.7 Å². The van der Waals surface area contributed by atoms with E-state index in [1.54, 1.807) is 6.20 Å². The number of hydrogen-bond donors (Lipinski definition) is 2. The third kappa shape index (κ3) is 3.30. The Hall–Kier alpha value is -1.07. The van der Waals surface area contributed by atoms with Crippen LogP contribution in [0.3, 0.4) is 0 Å². The van der Waals surface area contributed by atoms with E-state index in [0.29, 0.717) is 5.41 Å². The molecule has 0 aromatic carbocycles. The molecule has 1 aliphatic heterocycles. The van der Waals surface area contributed by atoms with Crippen LogP contribution in [-0.2, 0) is 10.3 Å². The summed E-state index contributed by atoms with van der Waals surface area (Å²) in [7, 11) is 0. The Morgan fingerprint density at radius 1 is 1.32 bits per heavy atom. The van der Waals surface area contributed by atoms with Crippen molar-refractivity contribution in [1.82, 2.24) is 20.4 Å². The lowest BCUT2D eigenvalue weighted by atomic mass is 9.87. The van der Waals surface area contributed by atoms with Crippen molar-refractivity contribution in [3.05, 3.63) is 18.5 Å². The van der Waals surface area contributed by atoms with Crippen LogP contribution in [0.4, 0.5) is 0 Å². The SMILES string of the molecule is CCCC1(CNC(=O)C2(n3cccn3)CCNCC2)CC1.Cl. The van der Waals surface area contributed by atoms with Gasteiger partial charge in [-0.3, -0.25) is 9.48 Å². The number of nitrogens with zero attached hydrogens (tertiary/aromatic N) is 2. The van der Waals surface area contributed by atoms with E-state index < -0.39 is 5.54 Å². The molecule has 1 aromatic heterocycles. The van der Waals surface area contributed by atoms with Crippen LogP contribution in [0.1, 0.15) is 45.4 Å². The molecule has 1 amide bonds. The van der Waals surface area contributed by atoms with Gasteiger partial charge in [-0.15, -0.1) is 12.4 Å². The summed E-state index contributed by atoms with van der Waals surface area (Å²) >= 11 is 0. The summed E-state index contributed by atoms with van der Waals surface area (Å²) in [4.78, 5) is 12.9. The molecule has 0 unspecified atom stereocenters. The third-order valence-corrected chi connectivity index (χ3v) is 5.16. The van der Waals surface area contributed by atoms with Crippen molar-refractivity contribution < 1.29 is 4.79 Å². The highest BCUT2D eigenvalue weighted by molar-refractivity contribution is 5.85. The maximum atomic E-state index is 12.9. The molecule has 0 spiro atoms. The largest absolute Gasteiger partial charge is 0.353 e. The second-order valence-corrected chi connectivity index (χ2v) is 6.66. The summed E-state index contributed by atoms with van der Waals surface area (Å²) in [6.07, 6.45) is 10.2. The zero-order valence-electron chi connectivity index (χ0n) is 13.3. The topological polar surface area (TPSA) is 59.0 Å². The molecule has 2 aliphatic rings. The fourth-order valence-corrected chi connectivity index (χ4v) is 3.58. The first-order valence-electron chi connectivity index (χ1n) is 8.20. The summed E-state index contributed by atoms with van der Waals surface area (Å²) < 4.78 is 1.86. The Bertz CT molecular complexity index is 478. The van der Waals surface area contributed by atoms with Gasteiger partial charge in [0.1, 0.15) is 5.54 Å². The maximum absolute atomic E-state index is 12.9. The highest BCUT2D eigenvalue weighted by Crippen LogP contribution is 2.49. The van der Waals surface area contributed by atoms with Gasteiger partial charge in [-0.05, 0) is 56.7 Å². The minimum Gasteiger partial charge on any atom is -0.353 e. The second kappa shape index (κ2) is 7.01. The number of aromatic nitrogens is 2. The van der Waals surface area contributed by atoms with Gasteiger partial charge in [0.05, 0.1) is 0 Å². The molecule has 5 nitrogen and oxygen atoms in total. The van der Waals surface area contributed by atoms with E-state index in [0.717, 1.165) is 32.5 Å². The summed E-state index contributed by atoms with van der Waals surface area (Å²) in [5.74, 6) is 0.148. The third-order valence-electron chi connectivity index (χ3n) is 5.16. The Labute approximate surface area is 138 Å². The number of amides is 1. The number of rotatable bonds is 6. The molecule has 22 heavy (non-hydrogen) atoms. The van der Waals surface area contributed by atoms with Crippen molar-refractivity contribution in [1.29, 1.82) is 0 Å². The summed E-state index contributed by atoms with van der Waals surface area (Å²) in [5.41, 5.74) is -0.111. The lowest BCUT2D eigenvalue weighted by Gasteiger charge is -2.36. The Morgan fingerprint density at radius 3 is 2.59 bits per heavy atom. The number of halogens is 1. The lowest BCUT2D eigenvalue weighted by molar-refractivity contribution is -0.132. The van der Waals surface area contributed by atoms with Crippen molar-refractivity contribution >= 4 is 18.3 Å². The smallest absolute Gasteiger partial charge is 0.248 e. The summed E-state index contributed by atoms with van der Waals surface area (Å²) in [6, 6.07) is 1.90. The number of carbonyl (C=O) groups is 1.